The first-order valence-corrected chi connectivity index (χ1v) is 14.4. The van der Waals surface area contributed by atoms with Crippen molar-refractivity contribution in [3.05, 3.63) is 88.0 Å². The van der Waals surface area contributed by atoms with Gasteiger partial charge in [-0.25, -0.2) is 0 Å². The first-order chi connectivity index (χ1) is 23.5. The van der Waals surface area contributed by atoms with Gasteiger partial charge in [0.1, 0.15) is 0 Å². The zero-order valence-corrected chi connectivity index (χ0v) is 25.7. The van der Waals surface area contributed by atoms with Gasteiger partial charge in [0.15, 0.2) is 0 Å². The SMILES string of the molecule is FC(F)(F)c1cc(NCCN(CCNc2cc(C(F)(F)F)cc(C(F)(F)F)c2)CCNc2cc(C(F)(F)F)cc(C(F)(F)F)c2)cc(C(F)(F)F)c1. The summed E-state index contributed by atoms with van der Waals surface area (Å²) in [6.45, 7) is -2.30. The molecule has 4 nitrogen and oxygen atoms in total. The summed E-state index contributed by atoms with van der Waals surface area (Å²) in [6, 6.07) is 1.77. The Hall–Kier alpha value is -4.24. The molecule has 52 heavy (non-hydrogen) atoms. The molecular formula is C30H24F18N4. The van der Waals surface area contributed by atoms with Crippen LogP contribution in [0.4, 0.5) is 96.1 Å². The molecule has 0 aliphatic rings. The maximum atomic E-state index is 13.2. The summed E-state index contributed by atoms with van der Waals surface area (Å²) in [5.74, 6) is 0. The van der Waals surface area contributed by atoms with Crippen LogP contribution < -0.4 is 16.0 Å². The van der Waals surface area contributed by atoms with Gasteiger partial charge in [-0.3, -0.25) is 4.90 Å². The molecule has 0 spiro atoms. The number of benzene rings is 3. The van der Waals surface area contributed by atoms with E-state index in [0.717, 1.165) is 0 Å². The van der Waals surface area contributed by atoms with Crippen LogP contribution in [0.1, 0.15) is 33.4 Å². The maximum absolute atomic E-state index is 13.2. The topological polar surface area (TPSA) is 39.3 Å². The molecule has 0 fully saturated rings. The summed E-state index contributed by atoms with van der Waals surface area (Å²) in [7, 11) is 0. The zero-order valence-electron chi connectivity index (χ0n) is 25.7. The molecule has 290 valence electrons. The molecule has 0 aliphatic heterocycles. The minimum atomic E-state index is -5.19. The number of hydrogen-bond acceptors (Lipinski definition) is 4. The number of alkyl halides is 18. The highest BCUT2D eigenvalue weighted by molar-refractivity contribution is 5.52. The van der Waals surface area contributed by atoms with E-state index in [1.165, 1.54) is 4.90 Å². The molecule has 0 atom stereocenters. The molecule has 0 aromatic heterocycles. The van der Waals surface area contributed by atoms with Crippen molar-refractivity contribution in [1.82, 2.24) is 4.90 Å². The fraction of sp³-hybridized carbons (Fsp3) is 0.400. The fourth-order valence-electron chi connectivity index (χ4n) is 4.58. The number of hydrogen-bond donors (Lipinski definition) is 3. The average Bonchev–Trinajstić information content (AvgIpc) is 2.98. The summed E-state index contributed by atoms with van der Waals surface area (Å²) in [5.41, 5.74) is -11.9. The Labute approximate surface area is 281 Å². The largest absolute Gasteiger partial charge is 0.416 e. The number of nitrogens with one attached hydrogen (secondary N) is 3. The van der Waals surface area contributed by atoms with Gasteiger partial charge in [-0.2, -0.15) is 79.0 Å². The van der Waals surface area contributed by atoms with Gasteiger partial charge in [-0.1, -0.05) is 0 Å². The molecule has 0 saturated heterocycles. The van der Waals surface area contributed by atoms with Crippen molar-refractivity contribution in [1.29, 1.82) is 0 Å². The summed E-state index contributed by atoms with van der Waals surface area (Å²) >= 11 is 0. The van der Waals surface area contributed by atoms with Gasteiger partial charge in [0.25, 0.3) is 0 Å². The molecule has 3 aromatic rings. The summed E-state index contributed by atoms with van der Waals surface area (Å²) in [5, 5.41) is 6.99. The van der Waals surface area contributed by atoms with Crippen molar-refractivity contribution in [3.63, 3.8) is 0 Å². The van der Waals surface area contributed by atoms with Crippen LogP contribution in [-0.4, -0.2) is 44.2 Å². The molecule has 0 radical (unpaired) electrons. The van der Waals surface area contributed by atoms with E-state index in [0.29, 0.717) is 36.4 Å². The monoisotopic (exact) mass is 782 g/mol. The van der Waals surface area contributed by atoms with E-state index in [-0.39, 0.29) is 37.8 Å². The van der Waals surface area contributed by atoms with E-state index in [1.807, 2.05) is 0 Å². The Balaban J connectivity index is 1.83. The van der Waals surface area contributed by atoms with Gasteiger partial charge < -0.3 is 16.0 Å². The highest BCUT2D eigenvalue weighted by atomic mass is 19.4. The first kappa shape index (κ1) is 42.2. The van der Waals surface area contributed by atoms with Crippen molar-refractivity contribution < 1.29 is 79.0 Å². The first-order valence-electron chi connectivity index (χ1n) is 14.4. The zero-order chi connectivity index (χ0) is 39.5. The summed E-state index contributed by atoms with van der Waals surface area (Å²) in [4.78, 5) is 1.27. The van der Waals surface area contributed by atoms with Gasteiger partial charge in [0.05, 0.1) is 33.4 Å². The Morgan fingerprint density at radius 3 is 0.635 bits per heavy atom. The molecule has 0 unspecified atom stereocenters. The lowest BCUT2D eigenvalue weighted by Crippen LogP contribution is -2.36. The average molecular weight is 783 g/mol. The van der Waals surface area contributed by atoms with Gasteiger partial charge in [0, 0.05) is 56.3 Å². The Morgan fingerprint density at radius 1 is 0.308 bits per heavy atom. The van der Waals surface area contributed by atoms with Gasteiger partial charge in [-0.05, 0) is 54.6 Å². The number of halogens is 18. The van der Waals surface area contributed by atoms with Crippen LogP contribution in [0.15, 0.2) is 54.6 Å². The molecule has 0 aliphatic carbocycles. The molecule has 3 aromatic carbocycles. The predicted molar refractivity (Wildman–Crippen MR) is 151 cm³/mol. The third kappa shape index (κ3) is 12.5. The fourth-order valence-corrected chi connectivity index (χ4v) is 4.58. The van der Waals surface area contributed by atoms with Crippen LogP contribution in [0.25, 0.3) is 0 Å². The van der Waals surface area contributed by atoms with Crippen molar-refractivity contribution in [3.8, 4) is 0 Å². The van der Waals surface area contributed by atoms with E-state index in [9.17, 15) is 79.0 Å². The van der Waals surface area contributed by atoms with E-state index >= 15 is 0 Å². The van der Waals surface area contributed by atoms with Crippen molar-refractivity contribution in [2.75, 3.05) is 55.2 Å². The molecule has 22 heteroatoms. The lowest BCUT2D eigenvalue weighted by Gasteiger charge is -2.24. The molecular weight excluding hydrogens is 758 g/mol. The Kier molecular flexibility index (Phi) is 12.5. The minimum Gasteiger partial charge on any atom is -0.384 e. The standard InChI is InChI=1S/C30H24F18N4/c31-25(32,33)16-7-17(26(34,35)36)11-22(10-16)49-1-4-52(5-2-50-23-12-18(27(37,38)39)8-19(13-23)28(40,41)42)6-3-51-24-14-20(29(43,44)45)9-21(15-24)30(46,47)48/h7-15,49-51H,1-6H2. The van der Waals surface area contributed by atoms with Crippen LogP contribution in [0.2, 0.25) is 0 Å². The second kappa shape index (κ2) is 15.4. The smallest absolute Gasteiger partial charge is 0.384 e. The molecule has 3 N–H and O–H groups in total. The summed E-state index contributed by atoms with van der Waals surface area (Å²) in [6.07, 6.45) is -31.1. The van der Waals surface area contributed by atoms with Crippen molar-refractivity contribution >= 4 is 17.1 Å². The number of rotatable bonds is 12. The third-order valence-corrected chi connectivity index (χ3v) is 7.03. The lowest BCUT2D eigenvalue weighted by atomic mass is 10.1. The van der Waals surface area contributed by atoms with Crippen LogP contribution >= 0.6 is 0 Å². The van der Waals surface area contributed by atoms with Gasteiger partial charge in [-0.15, -0.1) is 0 Å². The molecule has 0 heterocycles. The second-order valence-electron chi connectivity index (χ2n) is 11.0. The Bertz CT molecular complexity index is 1360. The quantitative estimate of drug-likeness (QED) is 0.160. The predicted octanol–water partition coefficient (Wildman–Crippen LogP) is 10.7. The summed E-state index contributed by atoms with van der Waals surface area (Å²) < 4.78 is 238. The van der Waals surface area contributed by atoms with E-state index in [4.69, 9.17) is 0 Å². The molecule has 0 saturated carbocycles. The lowest BCUT2D eigenvalue weighted by molar-refractivity contribution is -0.144. The molecule has 0 bridgehead atoms. The van der Waals surface area contributed by atoms with E-state index < -0.39 is 107 Å². The second-order valence-corrected chi connectivity index (χ2v) is 11.0. The van der Waals surface area contributed by atoms with Crippen LogP contribution in [0, 0.1) is 0 Å². The maximum Gasteiger partial charge on any atom is 0.416 e. The van der Waals surface area contributed by atoms with E-state index in [1.54, 1.807) is 0 Å². The number of nitrogens with zero attached hydrogens (tertiary/aromatic N) is 1. The van der Waals surface area contributed by atoms with Crippen molar-refractivity contribution in [2.24, 2.45) is 0 Å². The van der Waals surface area contributed by atoms with Crippen LogP contribution in [0.5, 0.6) is 0 Å². The highest BCUT2D eigenvalue weighted by Gasteiger charge is 2.39. The Morgan fingerprint density at radius 2 is 0.481 bits per heavy atom. The molecule has 3 rings (SSSR count). The number of anilines is 3. The molecule has 0 amide bonds. The van der Waals surface area contributed by atoms with Crippen LogP contribution in [-0.2, 0) is 37.1 Å². The van der Waals surface area contributed by atoms with E-state index in [2.05, 4.69) is 16.0 Å². The normalized spacial score (nSPS) is 13.4. The van der Waals surface area contributed by atoms with Gasteiger partial charge in [0.2, 0.25) is 0 Å². The third-order valence-electron chi connectivity index (χ3n) is 7.03. The minimum absolute atomic E-state index is 0.134. The van der Waals surface area contributed by atoms with Crippen molar-refractivity contribution in [2.45, 2.75) is 37.1 Å². The van der Waals surface area contributed by atoms with Crippen LogP contribution in [0.3, 0.4) is 0 Å². The highest BCUT2D eigenvalue weighted by Crippen LogP contribution is 2.40. The van der Waals surface area contributed by atoms with Gasteiger partial charge >= 0.3 is 37.1 Å².